The Kier molecular flexibility index (Phi) is 8.11. The number of halogens is 6. The minimum atomic E-state index is -4.37. The molecule has 218 valence electrons. The van der Waals surface area contributed by atoms with Gasteiger partial charge in [-0.3, -0.25) is 19.7 Å². The fraction of sp³-hybridized carbons (Fsp3) is 0.0968. The number of nitrogens with zero attached hydrogens (tertiary/aromatic N) is 5. The molecule has 0 atom stereocenters. The van der Waals surface area contributed by atoms with E-state index >= 15 is 0 Å². The molecule has 43 heavy (non-hydrogen) atoms. The lowest BCUT2D eigenvalue weighted by Gasteiger charge is -2.09. The molecule has 0 amide bonds. The molecule has 0 fully saturated rings. The zero-order chi connectivity index (χ0) is 30.6. The third-order valence-corrected chi connectivity index (χ3v) is 6.39. The summed E-state index contributed by atoms with van der Waals surface area (Å²) < 4.78 is 78.6. The van der Waals surface area contributed by atoms with Gasteiger partial charge in [-0.15, -0.1) is 0 Å². The highest BCUT2D eigenvalue weighted by Gasteiger charge is 2.31. The number of aromatic nitrogens is 6. The molecule has 6 aromatic rings. The van der Waals surface area contributed by atoms with E-state index in [-0.39, 0.29) is 0 Å². The van der Waals surface area contributed by atoms with E-state index in [1.54, 1.807) is 85.3 Å². The molecule has 0 saturated heterocycles. The molecule has 6 nitrogen and oxygen atoms in total. The highest BCUT2D eigenvalue weighted by atomic mass is 19.4. The SMILES string of the molecule is Cn1cc(-c2ccncc2)c(-c2cccc(C(F)(F)F)c2)n1.FC(F)(F)c1cccc(-c2[nH]ncc2-c2ccncc2)c1. The summed E-state index contributed by atoms with van der Waals surface area (Å²) in [7, 11) is 1.74. The Bertz CT molecular complexity index is 1810. The number of H-pyrrole nitrogens is 1. The molecule has 1 N–H and O–H groups in total. The smallest absolute Gasteiger partial charge is 0.277 e. The number of nitrogens with one attached hydrogen (secondary N) is 1. The van der Waals surface area contributed by atoms with Crippen LogP contribution in [0.1, 0.15) is 11.1 Å². The van der Waals surface area contributed by atoms with Gasteiger partial charge in [0, 0.05) is 60.3 Å². The summed E-state index contributed by atoms with van der Waals surface area (Å²) in [6, 6.07) is 17.5. The number of pyridine rings is 2. The van der Waals surface area contributed by atoms with Gasteiger partial charge in [0.1, 0.15) is 5.69 Å². The third-order valence-electron chi connectivity index (χ3n) is 6.39. The Morgan fingerprint density at radius 1 is 0.628 bits per heavy atom. The van der Waals surface area contributed by atoms with Gasteiger partial charge >= 0.3 is 12.4 Å². The zero-order valence-corrected chi connectivity index (χ0v) is 22.4. The molecule has 4 heterocycles. The van der Waals surface area contributed by atoms with Crippen molar-refractivity contribution in [1.82, 2.24) is 29.9 Å². The molecular formula is C31H22F6N6. The van der Waals surface area contributed by atoms with Crippen LogP contribution in [0.3, 0.4) is 0 Å². The van der Waals surface area contributed by atoms with Crippen LogP contribution in [0.2, 0.25) is 0 Å². The van der Waals surface area contributed by atoms with E-state index in [1.807, 2.05) is 0 Å². The molecule has 0 aliphatic carbocycles. The van der Waals surface area contributed by atoms with Gasteiger partial charge < -0.3 is 0 Å². The number of hydrogen-bond acceptors (Lipinski definition) is 4. The van der Waals surface area contributed by atoms with Gasteiger partial charge in [-0.1, -0.05) is 24.3 Å². The number of aryl methyl sites for hydroxylation is 1. The number of hydrogen-bond donors (Lipinski definition) is 1. The predicted molar refractivity (Wildman–Crippen MR) is 149 cm³/mol. The van der Waals surface area contributed by atoms with Gasteiger partial charge in [0.2, 0.25) is 0 Å². The van der Waals surface area contributed by atoms with Gasteiger partial charge in [0.25, 0.3) is 0 Å². The molecule has 12 heteroatoms. The Hall–Kier alpha value is -5.26. The van der Waals surface area contributed by atoms with Crippen LogP contribution >= 0.6 is 0 Å². The average molecular weight is 593 g/mol. The number of rotatable bonds is 4. The number of benzene rings is 2. The summed E-state index contributed by atoms with van der Waals surface area (Å²) in [5.41, 5.74) is 3.76. The van der Waals surface area contributed by atoms with Gasteiger partial charge in [-0.05, 0) is 59.7 Å². The van der Waals surface area contributed by atoms with Crippen molar-refractivity contribution < 1.29 is 26.3 Å². The van der Waals surface area contributed by atoms with Crippen molar-refractivity contribution in [3.05, 3.63) is 121 Å². The molecule has 6 rings (SSSR count). The highest BCUT2D eigenvalue weighted by molar-refractivity contribution is 5.81. The maximum Gasteiger partial charge on any atom is 0.416 e. The fourth-order valence-electron chi connectivity index (χ4n) is 4.39. The Labute approximate surface area is 241 Å². The highest BCUT2D eigenvalue weighted by Crippen LogP contribution is 2.36. The van der Waals surface area contributed by atoms with Crippen molar-refractivity contribution in [3.63, 3.8) is 0 Å². The van der Waals surface area contributed by atoms with Crippen LogP contribution in [0.25, 0.3) is 44.8 Å². The fourth-order valence-corrected chi connectivity index (χ4v) is 4.39. The average Bonchev–Trinajstić information content (AvgIpc) is 3.65. The summed E-state index contributed by atoms with van der Waals surface area (Å²) in [5, 5.41) is 11.0. The van der Waals surface area contributed by atoms with Crippen molar-refractivity contribution >= 4 is 0 Å². The van der Waals surface area contributed by atoms with Gasteiger partial charge in [-0.2, -0.15) is 36.5 Å². The summed E-state index contributed by atoms with van der Waals surface area (Å²) in [5.74, 6) is 0. The van der Waals surface area contributed by atoms with Crippen LogP contribution in [0.5, 0.6) is 0 Å². The summed E-state index contributed by atoms with van der Waals surface area (Å²) in [6.07, 6.45) is 1.15. The standard InChI is InChI=1S/C16H12F3N3.C15H10F3N3/c1-22-10-14(11-5-7-20-8-6-11)15(21-22)12-3-2-4-13(9-12)16(17,18)19;16-15(17,18)12-3-1-2-11(8-12)14-13(9-20-21-14)10-4-6-19-7-5-10/h2-10H,1H3;1-9H,(H,20,21). The Balaban J connectivity index is 0.000000171. The molecule has 4 aromatic heterocycles. The van der Waals surface area contributed by atoms with E-state index in [2.05, 4.69) is 25.3 Å². The first kappa shape index (κ1) is 29.2. The maximum absolute atomic E-state index is 12.9. The molecule has 0 unspecified atom stereocenters. The topological polar surface area (TPSA) is 72.3 Å². The Morgan fingerprint density at radius 2 is 1.14 bits per heavy atom. The predicted octanol–water partition coefficient (Wildman–Crippen LogP) is 8.33. The second-order valence-electron chi connectivity index (χ2n) is 9.35. The molecule has 0 bridgehead atoms. The first-order valence-electron chi connectivity index (χ1n) is 12.7. The van der Waals surface area contributed by atoms with Crippen LogP contribution in [0, 0.1) is 0 Å². The first-order chi connectivity index (χ1) is 20.5. The van der Waals surface area contributed by atoms with Crippen LogP contribution < -0.4 is 0 Å². The van der Waals surface area contributed by atoms with Crippen molar-refractivity contribution in [1.29, 1.82) is 0 Å². The molecule has 0 spiro atoms. The van der Waals surface area contributed by atoms with E-state index in [0.717, 1.165) is 46.5 Å². The van der Waals surface area contributed by atoms with E-state index in [9.17, 15) is 26.3 Å². The van der Waals surface area contributed by atoms with E-state index in [1.165, 1.54) is 12.1 Å². The van der Waals surface area contributed by atoms with Gasteiger partial charge in [0.15, 0.2) is 0 Å². The first-order valence-corrected chi connectivity index (χ1v) is 12.7. The lowest BCUT2D eigenvalue weighted by molar-refractivity contribution is -0.138. The van der Waals surface area contributed by atoms with Crippen molar-refractivity contribution in [2.24, 2.45) is 7.05 Å². The van der Waals surface area contributed by atoms with E-state index < -0.39 is 23.5 Å². The van der Waals surface area contributed by atoms with Crippen molar-refractivity contribution in [2.75, 3.05) is 0 Å². The molecule has 0 aliphatic rings. The second-order valence-corrected chi connectivity index (χ2v) is 9.35. The van der Waals surface area contributed by atoms with Crippen LogP contribution in [-0.2, 0) is 19.4 Å². The maximum atomic E-state index is 12.9. The number of alkyl halides is 6. The normalized spacial score (nSPS) is 11.6. The monoisotopic (exact) mass is 592 g/mol. The lowest BCUT2D eigenvalue weighted by Crippen LogP contribution is -2.04. The van der Waals surface area contributed by atoms with Gasteiger partial charge in [-0.25, -0.2) is 0 Å². The van der Waals surface area contributed by atoms with E-state index in [0.29, 0.717) is 22.5 Å². The van der Waals surface area contributed by atoms with Crippen molar-refractivity contribution in [2.45, 2.75) is 12.4 Å². The number of aromatic amines is 1. The summed E-state index contributed by atoms with van der Waals surface area (Å²) >= 11 is 0. The minimum Gasteiger partial charge on any atom is -0.277 e. The summed E-state index contributed by atoms with van der Waals surface area (Å²) in [4.78, 5) is 7.88. The van der Waals surface area contributed by atoms with Crippen LogP contribution in [-0.4, -0.2) is 29.9 Å². The molecule has 2 aromatic carbocycles. The second kappa shape index (κ2) is 11.9. The lowest BCUT2D eigenvalue weighted by atomic mass is 10.0. The zero-order valence-electron chi connectivity index (χ0n) is 22.4. The van der Waals surface area contributed by atoms with Crippen molar-refractivity contribution in [3.8, 4) is 44.8 Å². The Morgan fingerprint density at radius 3 is 1.70 bits per heavy atom. The molecule has 0 aliphatic heterocycles. The van der Waals surface area contributed by atoms with Crippen LogP contribution in [0.4, 0.5) is 26.3 Å². The summed E-state index contributed by atoms with van der Waals surface area (Å²) in [6.45, 7) is 0. The molecular weight excluding hydrogens is 570 g/mol. The third kappa shape index (κ3) is 6.80. The van der Waals surface area contributed by atoms with Gasteiger partial charge in [0.05, 0.1) is 23.0 Å². The largest absolute Gasteiger partial charge is 0.416 e. The minimum absolute atomic E-state index is 0.433. The van der Waals surface area contributed by atoms with Crippen LogP contribution in [0.15, 0.2) is 110 Å². The molecule has 0 saturated carbocycles. The van der Waals surface area contributed by atoms with E-state index in [4.69, 9.17) is 0 Å². The quantitative estimate of drug-likeness (QED) is 0.209. The molecule has 0 radical (unpaired) electrons.